The minimum atomic E-state index is 0.185. The van der Waals surface area contributed by atoms with Crippen molar-refractivity contribution in [2.24, 2.45) is 0 Å². The van der Waals surface area contributed by atoms with Crippen molar-refractivity contribution in [2.45, 2.75) is 6.92 Å². The molecule has 1 aromatic carbocycles. The molecule has 0 aliphatic rings. The highest BCUT2D eigenvalue weighted by Crippen LogP contribution is 2.19. The van der Waals surface area contributed by atoms with Gasteiger partial charge in [0.05, 0.1) is 0 Å². The lowest BCUT2D eigenvalue weighted by Crippen LogP contribution is -1.71. The summed E-state index contributed by atoms with van der Waals surface area (Å²) in [5.74, 6) is 0.401. The fourth-order valence-corrected chi connectivity index (χ4v) is 0.640. The molecule has 0 atom stereocenters. The van der Waals surface area contributed by atoms with Crippen LogP contribution >= 0.6 is 0 Å². The molecule has 3 nitrogen and oxygen atoms in total. The van der Waals surface area contributed by atoms with Crippen LogP contribution in [0.5, 0.6) is 11.5 Å². The Bertz CT molecular complexity index is 233. The predicted octanol–water partition coefficient (Wildman–Crippen LogP) is 1.67. The molecular formula is C9H14O3. The largest absolute Gasteiger partial charge is 0.508 e. The third-order valence-corrected chi connectivity index (χ3v) is 1.18. The number of aromatic hydroxyl groups is 2. The van der Waals surface area contributed by atoms with Gasteiger partial charge in [-0.3, -0.25) is 0 Å². The fraction of sp³-hybridized carbons (Fsp3) is 0.333. The van der Waals surface area contributed by atoms with Crippen molar-refractivity contribution in [3.05, 3.63) is 23.8 Å². The number of hydrogen-bond acceptors (Lipinski definition) is 3. The van der Waals surface area contributed by atoms with E-state index in [1.54, 1.807) is 21.1 Å². The molecule has 0 unspecified atom stereocenters. The van der Waals surface area contributed by atoms with E-state index in [4.69, 9.17) is 10.2 Å². The second kappa shape index (κ2) is 5.43. The average Bonchev–Trinajstić information content (AvgIpc) is 1.99. The molecule has 1 rings (SSSR count). The van der Waals surface area contributed by atoms with Crippen molar-refractivity contribution < 1.29 is 14.9 Å². The zero-order valence-corrected chi connectivity index (χ0v) is 7.53. The van der Waals surface area contributed by atoms with E-state index >= 15 is 0 Å². The summed E-state index contributed by atoms with van der Waals surface area (Å²) in [5, 5.41) is 17.8. The SMILES string of the molecule is COC.Cc1cc(O)ccc1O. The van der Waals surface area contributed by atoms with Gasteiger partial charge in [-0.15, -0.1) is 0 Å². The van der Waals surface area contributed by atoms with E-state index in [2.05, 4.69) is 4.74 Å². The van der Waals surface area contributed by atoms with Crippen molar-refractivity contribution in [2.75, 3.05) is 14.2 Å². The monoisotopic (exact) mass is 170 g/mol. The third-order valence-electron chi connectivity index (χ3n) is 1.18. The van der Waals surface area contributed by atoms with E-state index in [0.29, 0.717) is 5.56 Å². The molecule has 0 heterocycles. The Morgan fingerprint density at radius 2 is 1.67 bits per heavy atom. The van der Waals surface area contributed by atoms with Crippen molar-refractivity contribution in [1.29, 1.82) is 0 Å². The smallest absolute Gasteiger partial charge is 0.118 e. The second-order valence-corrected chi connectivity index (χ2v) is 2.38. The Morgan fingerprint density at radius 1 is 1.17 bits per heavy atom. The van der Waals surface area contributed by atoms with Crippen LogP contribution in [0, 0.1) is 6.92 Å². The summed E-state index contributed by atoms with van der Waals surface area (Å²) in [6, 6.07) is 4.42. The Morgan fingerprint density at radius 3 is 2.00 bits per heavy atom. The Balaban J connectivity index is 0.000000354. The first-order chi connectivity index (χ1) is 5.61. The molecular weight excluding hydrogens is 156 g/mol. The van der Waals surface area contributed by atoms with Crippen LogP contribution in [0.2, 0.25) is 0 Å². The predicted molar refractivity (Wildman–Crippen MR) is 47.4 cm³/mol. The molecule has 0 aromatic heterocycles. The van der Waals surface area contributed by atoms with Crippen LogP contribution in [0.4, 0.5) is 0 Å². The molecule has 0 fully saturated rings. The third kappa shape index (κ3) is 3.83. The highest BCUT2D eigenvalue weighted by molar-refractivity contribution is 5.37. The summed E-state index contributed by atoms with van der Waals surface area (Å²) >= 11 is 0. The van der Waals surface area contributed by atoms with Crippen LogP contribution in [0.1, 0.15) is 5.56 Å². The maximum atomic E-state index is 8.93. The minimum Gasteiger partial charge on any atom is -0.508 e. The van der Waals surface area contributed by atoms with Crippen LogP contribution in [0.25, 0.3) is 0 Å². The number of ether oxygens (including phenoxy) is 1. The second-order valence-electron chi connectivity index (χ2n) is 2.38. The molecule has 0 saturated heterocycles. The van der Waals surface area contributed by atoms with Gasteiger partial charge >= 0.3 is 0 Å². The number of aryl methyl sites for hydroxylation is 1. The first kappa shape index (κ1) is 10.8. The topological polar surface area (TPSA) is 49.7 Å². The van der Waals surface area contributed by atoms with E-state index in [-0.39, 0.29) is 11.5 Å². The van der Waals surface area contributed by atoms with Crippen molar-refractivity contribution in [3.63, 3.8) is 0 Å². The Hall–Kier alpha value is -1.22. The summed E-state index contributed by atoms with van der Waals surface area (Å²) in [6.45, 7) is 1.73. The van der Waals surface area contributed by atoms with Crippen LogP contribution < -0.4 is 0 Å². The fourth-order valence-electron chi connectivity index (χ4n) is 0.640. The molecule has 0 bridgehead atoms. The number of benzene rings is 1. The van der Waals surface area contributed by atoms with E-state index in [0.717, 1.165) is 0 Å². The highest BCUT2D eigenvalue weighted by Gasteiger charge is 1.93. The number of phenolic OH excluding ortho intramolecular Hbond substituents is 2. The van der Waals surface area contributed by atoms with Crippen molar-refractivity contribution >= 4 is 0 Å². The van der Waals surface area contributed by atoms with Gasteiger partial charge in [0.25, 0.3) is 0 Å². The summed E-state index contributed by atoms with van der Waals surface area (Å²) in [4.78, 5) is 0. The Labute approximate surface area is 72.2 Å². The molecule has 0 amide bonds. The summed E-state index contributed by atoms with van der Waals surface area (Å²) in [5.41, 5.74) is 0.690. The zero-order chi connectivity index (χ0) is 9.56. The number of methoxy groups -OCH3 is 1. The van der Waals surface area contributed by atoms with Gasteiger partial charge in [-0.05, 0) is 30.7 Å². The maximum absolute atomic E-state index is 8.93. The van der Waals surface area contributed by atoms with Crippen LogP contribution in [0.15, 0.2) is 18.2 Å². The van der Waals surface area contributed by atoms with Gasteiger partial charge in [-0.25, -0.2) is 0 Å². The van der Waals surface area contributed by atoms with Crippen molar-refractivity contribution in [1.82, 2.24) is 0 Å². The molecule has 68 valence electrons. The molecule has 2 N–H and O–H groups in total. The van der Waals surface area contributed by atoms with Gasteiger partial charge in [-0.2, -0.15) is 0 Å². The summed E-state index contributed by atoms with van der Waals surface area (Å²) in [7, 11) is 3.25. The van der Waals surface area contributed by atoms with Gasteiger partial charge in [0, 0.05) is 14.2 Å². The lowest BCUT2D eigenvalue weighted by atomic mass is 10.2. The number of hydrogen-bond donors (Lipinski definition) is 2. The summed E-state index contributed by atoms with van der Waals surface area (Å²) < 4.78 is 4.25. The van der Waals surface area contributed by atoms with Crippen LogP contribution in [-0.2, 0) is 4.74 Å². The lowest BCUT2D eigenvalue weighted by molar-refractivity contribution is 0.277. The molecule has 0 aliphatic carbocycles. The van der Waals surface area contributed by atoms with Gasteiger partial charge in [0.1, 0.15) is 11.5 Å². The molecule has 0 saturated carbocycles. The minimum absolute atomic E-state index is 0.185. The molecule has 12 heavy (non-hydrogen) atoms. The maximum Gasteiger partial charge on any atom is 0.118 e. The molecule has 0 aliphatic heterocycles. The van der Waals surface area contributed by atoms with E-state index in [1.165, 1.54) is 18.2 Å². The summed E-state index contributed by atoms with van der Waals surface area (Å²) in [6.07, 6.45) is 0. The van der Waals surface area contributed by atoms with E-state index in [1.807, 2.05) is 0 Å². The number of rotatable bonds is 0. The van der Waals surface area contributed by atoms with E-state index < -0.39 is 0 Å². The Kier molecular flexibility index (Phi) is 4.88. The average molecular weight is 170 g/mol. The van der Waals surface area contributed by atoms with Gasteiger partial charge < -0.3 is 14.9 Å². The van der Waals surface area contributed by atoms with Gasteiger partial charge in [0.15, 0.2) is 0 Å². The highest BCUT2D eigenvalue weighted by atomic mass is 16.4. The first-order valence-corrected chi connectivity index (χ1v) is 3.50. The first-order valence-electron chi connectivity index (χ1n) is 3.50. The quantitative estimate of drug-likeness (QED) is 0.582. The van der Waals surface area contributed by atoms with Crippen molar-refractivity contribution in [3.8, 4) is 11.5 Å². The van der Waals surface area contributed by atoms with Crippen LogP contribution in [0.3, 0.4) is 0 Å². The van der Waals surface area contributed by atoms with Crippen LogP contribution in [-0.4, -0.2) is 24.4 Å². The molecule has 0 radical (unpaired) electrons. The normalized spacial score (nSPS) is 8.58. The molecule has 3 heteroatoms. The molecule has 0 spiro atoms. The standard InChI is InChI=1S/C7H8O2.C2H6O/c1-5-4-6(8)2-3-7(5)9;1-3-2/h2-4,8-9H,1H3;1-2H3. The van der Waals surface area contributed by atoms with Gasteiger partial charge in [-0.1, -0.05) is 0 Å². The zero-order valence-electron chi connectivity index (χ0n) is 7.53. The van der Waals surface area contributed by atoms with E-state index in [9.17, 15) is 0 Å². The lowest BCUT2D eigenvalue weighted by Gasteiger charge is -1.96. The molecule has 1 aromatic rings. The van der Waals surface area contributed by atoms with Gasteiger partial charge in [0.2, 0.25) is 0 Å². The number of phenols is 2.